The predicted molar refractivity (Wildman–Crippen MR) is 91.2 cm³/mol. The molecule has 0 fully saturated rings. The van der Waals surface area contributed by atoms with Crippen LogP contribution in [0.2, 0.25) is 0 Å². The zero-order valence-corrected chi connectivity index (χ0v) is 13.6. The van der Waals surface area contributed by atoms with E-state index < -0.39 is 0 Å². The molecule has 3 heteroatoms. The van der Waals surface area contributed by atoms with Crippen LogP contribution in [0.4, 0.5) is 0 Å². The van der Waals surface area contributed by atoms with Crippen LogP contribution in [0.15, 0.2) is 53.4 Å². The van der Waals surface area contributed by atoms with Crippen LogP contribution >= 0.6 is 11.8 Å². The summed E-state index contributed by atoms with van der Waals surface area (Å²) in [7, 11) is 1.70. The van der Waals surface area contributed by atoms with Crippen LogP contribution < -0.4 is 10.1 Å². The van der Waals surface area contributed by atoms with Gasteiger partial charge in [-0.2, -0.15) is 0 Å². The molecule has 0 saturated heterocycles. The number of ether oxygens (including phenoxy) is 1. The largest absolute Gasteiger partial charge is 0.497 e. The van der Waals surface area contributed by atoms with Crippen molar-refractivity contribution in [2.75, 3.05) is 19.4 Å². The topological polar surface area (TPSA) is 21.3 Å². The fourth-order valence-corrected chi connectivity index (χ4v) is 2.95. The summed E-state index contributed by atoms with van der Waals surface area (Å²) in [6.07, 6.45) is 1.08. The summed E-state index contributed by atoms with van der Waals surface area (Å²) >= 11 is 1.91. The molecule has 112 valence electrons. The molecule has 0 aliphatic heterocycles. The first-order chi connectivity index (χ1) is 10.3. The molecule has 21 heavy (non-hydrogen) atoms. The normalized spacial score (nSPS) is 10.6. The summed E-state index contributed by atoms with van der Waals surface area (Å²) in [5.41, 5.74) is 2.70. The maximum atomic E-state index is 5.17. The average molecular weight is 301 g/mol. The molecule has 0 aromatic heterocycles. The van der Waals surface area contributed by atoms with Crippen molar-refractivity contribution >= 4 is 11.8 Å². The Kier molecular flexibility index (Phi) is 6.64. The van der Waals surface area contributed by atoms with Gasteiger partial charge in [-0.15, -0.1) is 11.8 Å². The molecule has 0 aliphatic carbocycles. The number of methoxy groups -OCH3 is 1. The van der Waals surface area contributed by atoms with Crippen molar-refractivity contribution in [3.05, 3.63) is 59.7 Å². The molecule has 0 spiro atoms. The first-order valence-electron chi connectivity index (χ1n) is 7.37. The van der Waals surface area contributed by atoms with Gasteiger partial charge >= 0.3 is 0 Å². The second kappa shape index (κ2) is 8.75. The van der Waals surface area contributed by atoms with Crippen molar-refractivity contribution in [2.24, 2.45) is 0 Å². The molecule has 2 rings (SSSR count). The number of rotatable bonds is 8. The van der Waals surface area contributed by atoms with Gasteiger partial charge in [-0.25, -0.2) is 0 Å². The Morgan fingerprint density at radius 2 is 1.62 bits per heavy atom. The third-order valence-electron chi connectivity index (χ3n) is 3.32. The van der Waals surface area contributed by atoms with E-state index in [1.807, 2.05) is 23.9 Å². The summed E-state index contributed by atoms with van der Waals surface area (Å²) in [5, 5.41) is 3.34. The van der Waals surface area contributed by atoms with Crippen molar-refractivity contribution in [2.45, 2.75) is 24.8 Å². The van der Waals surface area contributed by atoms with Crippen LogP contribution in [-0.2, 0) is 13.0 Å². The van der Waals surface area contributed by atoms with Crippen LogP contribution in [0.3, 0.4) is 0 Å². The van der Waals surface area contributed by atoms with Gasteiger partial charge in [0.15, 0.2) is 0 Å². The van der Waals surface area contributed by atoms with Crippen molar-refractivity contribution in [3.8, 4) is 5.75 Å². The van der Waals surface area contributed by atoms with Gasteiger partial charge in [0.1, 0.15) is 5.75 Å². The summed E-state index contributed by atoms with van der Waals surface area (Å²) in [5.74, 6) is 2.02. The maximum absolute atomic E-state index is 5.17. The predicted octanol–water partition coefficient (Wildman–Crippen LogP) is 4.14. The van der Waals surface area contributed by atoms with E-state index in [4.69, 9.17) is 4.74 Å². The Morgan fingerprint density at radius 3 is 2.24 bits per heavy atom. The van der Waals surface area contributed by atoms with Crippen LogP contribution in [0.5, 0.6) is 5.75 Å². The summed E-state index contributed by atoms with van der Waals surface area (Å²) in [6, 6.07) is 17.2. The minimum absolute atomic E-state index is 0.919. The molecule has 0 bridgehead atoms. The van der Waals surface area contributed by atoms with E-state index in [2.05, 4.69) is 48.6 Å². The molecule has 0 heterocycles. The molecule has 0 radical (unpaired) electrons. The van der Waals surface area contributed by atoms with Gasteiger partial charge in [0.25, 0.3) is 0 Å². The van der Waals surface area contributed by atoms with Crippen molar-refractivity contribution in [1.29, 1.82) is 0 Å². The molecule has 2 aromatic carbocycles. The zero-order chi connectivity index (χ0) is 14.9. The maximum Gasteiger partial charge on any atom is 0.118 e. The summed E-state index contributed by atoms with van der Waals surface area (Å²) in [4.78, 5) is 1.34. The van der Waals surface area contributed by atoms with Gasteiger partial charge in [-0.1, -0.05) is 31.2 Å². The van der Waals surface area contributed by atoms with Crippen LogP contribution in [0.25, 0.3) is 0 Å². The Balaban J connectivity index is 1.77. The lowest BCUT2D eigenvalue weighted by atomic mass is 10.2. The lowest BCUT2D eigenvalue weighted by Crippen LogP contribution is -2.11. The fraction of sp³-hybridized carbons (Fsp3) is 0.333. The molecule has 2 aromatic rings. The van der Waals surface area contributed by atoms with Crippen LogP contribution in [0, 0.1) is 0 Å². The highest BCUT2D eigenvalue weighted by molar-refractivity contribution is 7.99. The van der Waals surface area contributed by atoms with E-state index in [0.717, 1.165) is 31.0 Å². The molecule has 0 atom stereocenters. The van der Waals surface area contributed by atoms with Gasteiger partial charge in [-0.05, 0) is 48.4 Å². The van der Waals surface area contributed by atoms with Crippen LogP contribution in [0.1, 0.15) is 18.1 Å². The van der Waals surface area contributed by atoms with Gasteiger partial charge in [-0.3, -0.25) is 0 Å². The molecular formula is C18H23NOS. The van der Waals surface area contributed by atoms with Crippen molar-refractivity contribution in [3.63, 3.8) is 0 Å². The lowest BCUT2D eigenvalue weighted by Gasteiger charge is -2.06. The van der Waals surface area contributed by atoms with Gasteiger partial charge in [0.05, 0.1) is 7.11 Å². The second-order valence-electron chi connectivity index (χ2n) is 4.87. The standard InChI is InChI=1S/C18H23NOS/c1-3-19-14-16-6-10-18(11-7-16)21-13-12-15-4-8-17(20-2)9-5-15/h4-11,19H,3,12-14H2,1-2H3. The highest BCUT2D eigenvalue weighted by Crippen LogP contribution is 2.20. The Morgan fingerprint density at radius 1 is 0.952 bits per heavy atom. The first kappa shape index (κ1) is 15.9. The van der Waals surface area contributed by atoms with Crippen molar-refractivity contribution < 1.29 is 4.74 Å². The minimum Gasteiger partial charge on any atom is -0.497 e. The smallest absolute Gasteiger partial charge is 0.118 e. The van der Waals surface area contributed by atoms with Gasteiger partial charge < -0.3 is 10.1 Å². The highest BCUT2D eigenvalue weighted by atomic mass is 32.2. The number of thioether (sulfide) groups is 1. The molecular weight excluding hydrogens is 278 g/mol. The fourth-order valence-electron chi connectivity index (χ4n) is 2.05. The minimum atomic E-state index is 0.919. The van der Waals surface area contributed by atoms with Crippen molar-refractivity contribution in [1.82, 2.24) is 5.32 Å². The third-order valence-corrected chi connectivity index (χ3v) is 4.33. The molecule has 1 N–H and O–H groups in total. The Labute approximate surface area is 131 Å². The van der Waals surface area contributed by atoms with E-state index in [1.54, 1.807) is 7.11 Å². The van der Waals surface area contributed by atoms with Gasteiger partial charge in [0.2, 0.25) is 0 Å². The number of aryl methyl sites for hydroxylation is 1. The second-order valence-corrected chi connectivity index (χ2v) is 6.04. The molecule has 0 saturated carbocycles. The Bertz CT molecular complexity index is 522. The summed E-state index contributed by atoms with van der Waals surface area (Å²) < 4.78 is 5.17. The molecule has 2 nitrogen and oxygen atoms in total. The first-order valence-corrected chi connectivity index (χ1v) is 8.35. The number of hydrogen-bond acceptors (Lipinski definition) is 3. The molecule has 0 unspecified atom stereocenters. The number of hydrogen-bond donors (Lipinski definition) is 1. The van der Waals surface area contributed by atoms with E-state index in [-0.39, 0.29) is 0 Å². The average Bonchev–Trinajstić information content (AvgIpc) is 2.55. The SMILES string of the molecule is CCNCc1ccc(SCCc2ccc(OC)cc2)cc1. The van der Waals surface area contributed by atoms with Crippen LogP contribution in [-0.4, -0.2) is 19.4 Å². The molecule has 0 amide bonds. The zero-order valence-electron chi connectivity index (χ0n) is 12.8. The Hall–Kier alpha value is -1.45. The molecule has 0 aliphatic rings. The van der Waals surface area contributed by atoms with E-state index in [0.29, 0.717) is 0 Å². The van der Waals surface area contributed by atoms with E-state index >= 15 is 0 Å². The monoisotopic (exact) mass is 301 g/mol. The third kappa shape index (κ3) is 5.44. The summed E-state index contributed by atoms with van der Waals surface area (Å²) in [6.45, 7) is 4.09. The van der Waals surface area contributed by atoms with E-state index in [1.165, 1.54) is 16.0 Å². The number of benzene rings is 2. The quantitative estimate of drug-likeness (QED) is 0.740. The lowest BCUT2D eigenvalue weighted by molar-refractivity contribution is 0.414. The number of nitrogens with one attached hydrogen (secondary N) is 1. The van der Waals surface area contributed by atoms with E-state index in [9.17, 15) is 0 Å². The van der Waals surface area contributed by atoms with Gasteiger partial charge in [0, 0.05) is 17.2 Å². The highest BCUT2D eigenvalue weighted by Gasteiger charge is 1.98.